The summed E-state index contributed by atoms with van der Waals surface area (Å²) in [5.41, 5.74) is -0.366. The average molecular weight is 206 g/mol. The van der Waals surface area contributed by atoms with Gasteiger partial charge < -0.3 is 4.74 Å². The summed E-state index contributed by atoms with van der Waals surface area (Å²) in [6, 6.07) is 0. The first-order valence-corrected chi connectivity index (χ1v) is 5.05. The lowest BCUT2D eigenvalue weighted by molar-refractivity contribution is -0.154. The number of esters is 1. The van der Waals surface area contributed by atoms with E-state index >= 15 is 0 Å². The standard InChI is InChI=1S/C9H16ClNO2/c1-13-8(12)9(7-11-10)5-3-2-4-6-9/h11H,2-7H2,1H3. The van der Waals surface area contributed by atoms with Crippen molar-refractivity contribution in [2.45, 2.75) is 32.1 Å². The zero-order valence-electron chi connectivity index (χ0n) is 7.94. The minimum atomic E-state index is -0.366. The van der Waals surface area contributed by atoms with Gasteiger partial charge in [0, 0.05) is 6.54 Å². The Morgan fingerprint density at radius 1 is 1.46 bits per heavy atom. The number of hydrogen-bond donors (Lipinski definition) is 1. The van der Waals surface area contributed by atoms with Crippen LogP contribution in [0, 0.1) is 5.41 Å². The highest BCUT2D eigenvalue weighted by atomic mass is 35.5. The SMILES string of the molecule is COC(=O)C1(CNCl)CCCCC1. The van der Waals surface area contributed by atoms with E-state index < -0.39 is 0 Å². The van der Waals surface area contributed by atoms with Crippen molar-refractivity contribution in [1.82, 2.24) is 4.84 Å². The number of carbonyl (C=O) groups excluding carboxylic acids is 1. The fourth-order valence-corrected chi connectivity index (χ4v) is 2.28. The normalized spacial score (nSPS) is 21.1. The molecule has 0 radical (unpaired) electrons. The molecule has 0 atom stereocenters. The summed E-state index contributed by atoms with van der Waals surface area (Å²) in [4.78, 5) is 14.1. The monoisotopic (exact) mass is 205 g/mol. The summed E-state index contributed by atoms with van der Waals surface area (Å²) in [5.74, 6) is -0.125. The van der Waals surface area contributed by atoms with Crippen molar-refractivity contribution in [2.24, 2.45) is 5.41 Å². The summed E-state index contributed by atoms with van der Waals surface area (Å²) >= 11 is 5.47. The number of carbonyl (C=O) groups is 1. The van der Waals surface area contributed by atoms with Crippen LogP contribution in [0.2, 0.25) is 0 Å². The Morgan fingerprint density at radius 3 is 2.54 bits per heavy atom. The average Bonchev–Trinajstić information content (AvgIpc) is 2.18. The van der Waals surface area contributed by atoms with E-state index in [0.29, 0.717) is 6.54 Å². The van der Waals surface area contributed by atoms with Crippen LogP contribution in [0.25, 0.3) is 0 Å². The second kappa shape index (κ2) is 4.82. The first kappa shape index (κ1) is 10.8. The predicted molar refractivity (Wildman–Crippen MR) is 51.4 cm³/mol. The third kappa shape index (κ3) is 2.35. The van der Waals surface area contributed by atoms with Crippen molar-refractivity contribution in [1.29, 1.82) is 0 Å². The van der Waals surface area contributed by atoms with Gasteiger partial charge in [0.05, 0.1) is 12.5 Å². The minimum absolute atomic E-state index is 0.125. The molecule has 0 aliphatic heterocycles. The lowest BCUT2D eigenvalue weighted by atomic mass is 9.74. The van der Waals surface area contributed by atoms with Gasteiger partial charge in [-0.3, -0.25) is 4.79 Å². The number of nitrogens with one attached hydrogen (secondary N) is 1. The molecule has 1 aliphatic carbocycles. The van der Waals surface area contributed by atoms with E-state index in [1.807, 2.05) is 0 Å². The summed E-state index contributed by atoms with van der Waals surface area (Å²) in [7, 11) is 1.44. The van der Waals surface area contributed by atoms with E-state index in [9.17, 15) is 4.79 Å². The van der Waals surface area contributed by atoms with Gasteiger partial charge in [-0.15, -0.1) is 0 Å². The Hall–Kier alpha value is -0.280. The lowest BCUT2D eigenvalue weighted by Crippen LogP contribution is -2.41. The first-order valence-electron chi connectivity index (χ1n) is 4.67. The molecule has 1 rings (SSSR count). The van der Waals surface area contributed by atoms with E-state index in [0.717, 1.165) is 25.7 Å². The molecule has 0 saturated heterocycles. The topological polar surface area (TPSA) is 38.3 Å². The van der Waals surface area contributed by atoms with Crippen LogP contribution in [-0.2, 0) is 9.53 Å². The maximum atomic E-state index is 11.6. The Morgan fingerprint density at radius 2 is 2.08 bits per heavy atom. The number of hydrogen-bond acceptors (Lipinski definition) is 3. The molecule has 3 nitrogen and oxygen atoms in total. The summed E-state index contributed by atoms with van der Waals surface area (Å²) in [6.07, 6.45) is 5.17. The number of methoxy groups -OCH3 is 1. The van der Waals surface area contributed by atoms with Gasteiger partial charge in [0.15, 0.2) is 0 Å². The lowest BCUT2D eigenvalue weighted by Gasteiger charge is -2.33. The highest BCUT2D eigenvalue weighted by Crippen LogP contribution is 2.36. The van der Waals surface area contributed by atoms with Gasteiger partial charge in [-0.25, -0.2) is 4.84 Å². The molecule has 0 aromatic heterocycles. The van der Waals surface area contributed by atoms with Gasteiger partial charge in [0.2, 0.25) is 0 Å². The second-order valence-corrected chi connectivity index (χ2v) is 3.91. The van der Waals surface area contributed by atoms with E-state index in [1.54, 1.807) is 0 Å². The highest BCUT2D eigenvalue weighted by Gasteiger charge is 2.40. The van der Waals surface area contributed by atoms with Gasteiger partial charge in [-0.1, -0.05) is 19.3 Å². The van der Waals surface area contributed by atoms with Crippen LogP contribution in [0.4, 0.5) is 0 Å². The molecular weight excluding hydrogens is 190 g/mol. The van der Waals surface area contributed by atoms with Crippen molar-refractivity contribution in [3.8, 4) is 0 Å². The molecule has 13 heavy (non-hydrogen) atoms. The van der Waals surface area contributed by atoms with Gasteiger partial charge in [0.1, 0.15) is 0 Å². The maximum Gasteiger partial charge on any atom is 0.313 e. The van der Waals surface area contributed by atoms with E-state index in [1.165, 1.54) is 13.5 Å². The first-order chi connectivity index (χ1) is 6.25. The largest absolute Gasteiger partial charge is 0.469 e. The van der Waals surface area contributed by atoms with E-state index in [2.05, 4.69) is 4.84 Å². The van der Waals surface area contributed by atoms with Crippen LogP contribution in [0.3, 0.4) is 0 Å². The Bertz CT molecular complexity index is 173. The maximum absolute atomic E-state index is 11.6. The molecule has 0 aromatic carbocycles. The van der Waals surface area contributed by atoms with Crippen molar-refractivity contribution < 1.29 is 9.53 Å². The van der Waals surface area contributed by atoms with Crippen molar-refractivity contribution in [3.05, 3.63) is 0 Å². The van der Waals surface area contributed by atoms with Crippen LogP contribution in [0.1, 0.15) is 32.1 Å². The van der Waals surface area contributed by atoms with Gasteiger partial charge in [-0.05, 0) is 24.6 Å². The van der Waals surface area contributed by atoms with Crippen LogP contribution >= 0.6 is 11.8 Å². The van der Waals surface area contributed by atoms with Crippen LogP contribution in [0.15, 0.2) is 0 Å². The van der Waals surface area contributed by atoms with Crippen molar-refractivity contribution >= 4 is 17.7 Å². The zero-order valence-corrected chi connectivity index (χ0v) is 8.69. The number of halogens is 1. The molecule has 76 valence electrons. The molecule has 1 saturated carbocycles. The molecule has 0 heterocycles. The van der Waals surface area contributed by atoms with Crippen LogP contribution in [0.5, 0.6) is 0 Å². The molecule has 0 bridgehead atoms. The fraction of sp³-hybridized carbons (Fsp3) is 0.889. The summed E-state index contributed by atoms with van der Waals surface area (Å²) in [5, 5.41) is 0. The highest BCUT2D eigenvalue weighted by molar-refractivity contribution is 6.13. The molecule has 0 aromatic rings. The molecule has 0 spiro atoms. The predicted octanol–water partition coefficient (Wildman–Crippen LogP) is 1.85. The summed E-state index contributed by atoms with van der Waals surface area (Å²) < 4.78 is 4.81. The molecule has 1 N–H and O–H groups in total. The van der Waals surface area contributed by atoms with E-state index in [4.69, 9.17) is 16.5 Å². The number of ether oxygens (including phenoxy) is 1. The second-order valence-electron chi connectivity index (χ2n) is 3.64. The van der Waals surface area contributed by atoms with Gasteiger partial charge >= 0.3 is 5.97 Å². The molecule has 0 unspecified atom stereocenters. The quantitative estimate of drug-likeness (QED) is 0.565. The van der Waals surface area contributed by atoms with Crippen molar-refractivity contribution in [3.63, 3.8) is 0 Å². The van der Waals surface area contributed by atoms with Gasteiger partial charge in [0.25, 0.3) is 0 Å². The number of rotatable bonds is 3. The van der Waals surface area contributed by atoms with Gasteiger partial charge in [-0.2, -0.15) is 0 Å². The zero-order chi connectivity index (χ0) is 9.73. The fourth-order valence-electron chi connectivity index (χ4n) is 2.03. The minimum Gasteiger partial charge on any atom is -0.469 e. The Labute approximate surface area is 83.9 Å². The smallest absolute Gasteiger partial charge is 0.313 e. The molecule has 4 heteroatoms. The van der Waals surface area contributed by atoms with Crippen LogP contribution < -0.4 is 4.84 Å². The Balaban J connectivity index is 2.66. The van der Waals surface area contributed by atoms with Crippen LogP contribution in [-0.4, -0.2) is 19.6 Å². The summed E-state index contributed by atoms with van der Waals surface area (Å²) in [6.45, 7) is 0.515. The third-order valence-electron chi connectivity index (χ3n) is 2.83. The Kier molecular flexibility index (Phi) is 4.00. The van der Waals surface area contributed by atoms with Crippen molar-refractivity contribution in [2.75, 3.05) is 13.7 Å². The third-order valence-corrected chi connectivity index (χ3v) is 2.97. The molecule has 1 fully saturated rings. The van der Waals surface area contributed by atoms with E-state index in [-0.39, 0.29) is 11.4 Å². The molecule has 1 aliphatic rings. The molecular formula is C9H16ClNO2. The molecule has 0 amide bonds.